The van der Waals surface area contributed by atoms with E-state index >= 15 is 0 Å². The van der Waals surface area contributed by atoms with Crippen molar-refractivity contribution in [1.29, 1.82) is 0 Å². The maximum absolute atomic E-state index is 12.1. The predicted octanol–water partition coefficient (Wildman–Crippen LogP) is 12.0. The normalized spacial score (nSPS) is 30.4. The summed E-state index contributed by atoms with van der Waals surface area (Å²) < 4.78 is 5.97. The number of aliphatic hydroxyl groups is 2. The molecule has 6 aliphatic carbocycles. The van der Waals surface area contributed by atoms with E-state index in [2.05, 4.69) is 123 Å². The summed E-state index contributed by atoms with van der Waals surface area (Å²) in [4.78, 5) is 12.1. The minimum absolute atomic E-state index is 0.0440. The Morgan fingerprint density at radius 2 is 0.822 bits per heavy atom. The lowest BCUT2D eigenvalue weighted by atomic mass is 9.57. The van der Waals surface area contributed by atoms with Crippen molar-refractivity contribution >= 4 is 5.78 Å². The number of fused-ring (bicyclic) bond motifs is 9. The van der Waals surface area contributed by atoms with E-state index in [9.17, 15) is 15.0 Å². The molecule has 8 atom stereocenters. The van der Waals surface area contributed by atoms with Crippen LogP contribution in [-0.4, -0.2) is 56.5 Å². The molecule has 73 heavy (non-hydrogen) atoms. The van der Waals surface area contributed by atoms with E-state index in [0.29, 0.717) is 30.0 Å². The molecular weight excluding hydrogens is 901 g/mol. The van der Waals surface area contributed by atoms with Crippen molar-refractivity contribution in [3.05, 3.63) is 160 Å². The number of carbonyl (C=O) groups excluding carboxylic acids is 1. The number of Topliss-reactive ketones (excluding diaryl/α,β-unsaturated/α-hetero) is 1. The van der Waals surface area contributed by atoms with Crippen LogP contribution in [0.3, 0.4) is 0 Å². The molecule has 0 bridgehead atoms. The molecule has 388 valence electrons. The van der Waals surface area contributed by atoms with Gasteiger partial charge < -0.3 is 10.2 Å². The zero-order chi connectivity index (χ0) is 50.9. The lowest BCUT2D eigenvalue weighted by Gasteiger charge is -2.49. The molecule has 12 rings (SSSR count). The fourth-order valence-corrected chi connectivity index (χ4v) is 15.5. The average Bonchev–Trinajstić information content (AvgIpc) is 4.02. The van der Waals surface area contributed by atoms with Crippen LogP contribution in [-0.2, 0) is 80.7 Å². The van der Waals surface area contributed by atoms with Gasteiger partial charge in [-0.3, -0.25) is 18.8 Å². The van der Waals surface area contributed by atoms with Crippen molar-refractivity contribution in [3.63, 3.8) is 0 Å². The highest BCUT2D eigenvalue weighted by molar-refractivity contribution is 5.80. The number of hydrogen-bond donors (Lipinski definition) is 2. The first-order valence-electron chi connectivity index (χ1n) is 28.4. The predicted molar refractivity (Wildman–Crippen MR) is 291 cm³/mol. The average molecular weight is 985 g/mol. The summed E-state index contributed by atoms with van der Waals surface area (Å²) in [6.45, 7) is 4.26. The molecule has 2 N–H and O–H groups in total. The summed E-state index contributed by atoms with van der Waals surface area (Å²) in [7, 11) is 6.11. The molecule has 0 unspecified atom stereocenters. The lowest BCUT2D eigenvalue weighted by molar-refractivity contribution is -0.123. The van der Waals surface area contributed by atoms with Gasteiger partial charge in [0, 0.05) is 68.8 Å². The summed E-state index contributed by atoms with van der Waals surface area (Å²) in [5.74, 6) is 1.92. The van der Waals surface area contributed by atoms with Crippen molar-refractivity contribution in [2.75, 3.05) is 0 Å². The third-order valence-corrected chi connectivity index (χ3v) is 19.5. The maximum atomic E-state index is 12.1. The maximum Gasteiger partial charge on any atom is 0.133 e. The summed E-state index contributed by atoms with van der Waals surface area (Å²) in [6.07, 6.45) is 30.1. The molecule has 0 aliphatic heterocycles. The molecule has 6 aromatic rings. The fourth-order valence-electron chi connectivity index (χ4n) is 15.5. The largest absolute Gasteiger partial charge is 0.390 e. The van der Waals surface area contributed by atoms with E-state index in [4.69, 9.17) is 15.3 Å². The van der Waals surface area contributed by atoms with Gasteiger partial charge in [0.25, 0.3) is 0 Å². The Hall–Kier alpha value is -5.12. The Labute approximate surface area is 436 Å². The first-order valence-corrected chi connectivity index (χ1v) is 28.4. The Morgan fingerprint density at radius 3 is 1.18 bits per heavy atom. The standard InChI is InChI=1S/2C22H30N2O.C20H24N2O/c2*1-3-21(25)12-13-22(14-17-8-5-4-6-9-17)19(15-21)11-7-10-18-16-24(2)23-20(18)22;1-22-14-16-8-5-9-17-12-18(23)10-11-20(17,19(16)21-22)13-15-6-3-2-4-7-15/h2*4-6,8-9,16,19,25H,3,7,10-15H2,1-2H3;2-4,6-7,14,17H,5,8-13H2,1H3/t19-,21+,22-;19-,21-,22-;17-,20-/m000/s1. The van der Waals surface area contributed by atoms with Gasteiger partial charge in [-0.25, -0.2) is 0 Å². The van der Waals surface area contributed by atoms with E-state index in [1.54, 1.807) is 0 Å². The van der Waals surface area contributed by atoms with Crippen LogP contribution >= 0.6 is 0 Å². The minimum Gasteiger partial charge on any atom is -0.390 e. The molecule has 9 heteroatoms. The lowest BCUT2D eigenvalue weighted by Crippen LogP contribution is -2.49. The molecule has 3 aromatic heterocycles. The topological polar surface area (TPSA) is 111 Å². The quantitative estimate of drug-likeness (QED) is 0.157. The molecule has 3 aromatic carbocycles. The van der Waals surface area contributed by atoms with E-state index in [1.165, 1.54) is 82.6 Å². The molecule has 9 nitrogen and oxygen atoms in total. The van der Waals surface area contributed by atoms with Gasteiger partial charge in [-0.15, -0.1) is 0 Å². The summed E-state index contributed by atoms with van der Waals surface area (Å²) >= 11 is 0. The van der Waals surface area contributed by atoms with E-state index in [0.717, 1.165) is 109 Å². The molecule has 0 amide bonds. The Morgan fingerprint density at radius 1 is 0.479 bits per heavy atom. The molecule has 0 radical (unpaired) electrons. The van der Waals surface area contributed by atoms with Gasteiger partial charge in [-0.1, -0.05) is 105 Å². The van der Waals surface area contributed by atoms with Crippen LogP contribution in [0, 0.1) is 17.8 Å². The van der Waals surface area contributed by atoms with Crippen molar-refractivity contribution in [2.24, 2.45) is 38.9 Å². The Bertz CT molecular complexity index is 2670. The Balaban J connectivity index is 0.000000126. The molecule has 3 heterocycles. The third-order valence-electron chi connectivity index (χ3n) is 19.5. The van der Waals surface area contributed by atoms with Crippen LogP contribution in [0.4, 0.5) is 0 Å². The van der Waals surface area contributed by atoms with E-state index in [1.807, 2.05) is 35.2 Å². The van der Waals surface area contributed by atoms with Crippen LogP contribution in [0.5, 0.6) is 0 Å². The molecule has 3 fully saturated rings. The van der Waals surface area contributed by atoms with E-state index in [-0.39, 0.29) is 16.2 Å². The summed E-state index contributed by atoms with van der Waals surface area (Å²) in [5.41, 5.74) is 11.6. The Kier molecular flexibility index (Phi) is 15.0. The minimum atomic E-state index is -0.482. The third kappa shape index (κ3) is 10.5. The number of benzene rings is 3. The van der Waals surface area contributed by atoms with Crippen LogP contribution < -0.4 is 0 Å². The van der Waals surface area contributed by atoms with Gasteiger partial charge in [0.15, 0.2) is 0 Å². The second kappa shape index (κ2) is 21.2. The number of aryl methyl sites for hydroxylation is 6. The van der Waals surface area contributed by atoms with Crippen molar-refractivity contribution in [1.82, 2.24) is 29.3 Å². The molecular formula is C64H84N6O3. The number of ketones is 1. The summed E-state index contributed by atoms with van der Waals surface area (Å²) in [6, 6.07) is 32.5. The second-order valence-electron chi connectivity index (χ2n) is 24.1. The first-order chi connectivity index (χ1) is 35.3. The zero-order valence-electron chi connectivity index (χ0n) is 44.9. The van der Waals surface area contributed by atoms with Gasteiger partial charge in [-0.2, -0.15) is 15.3 Å². The molecule has 0 saturated heterocycles. The summed E-state index contributed by atoms with van der Waals surface area (Å²) in [5, 5.41) is 36.9. The number of carbonyl (C=O) groups is 1. The first kappa shape index (κ1) is 51.4. The van der Waals surface area contributed by atoms with Gasteiger partial charge in [-0.05, 0) is 186 Å². The smallest absolute Gasteiger partial charge is 0.133 e. The molecule has 6 aliphatic rings. The second-order valence-corrected chi connectivity index (χ2v) is 24.1. The van der Waals surface area contributed by atoms with Crippen molar-refractivity contribution < 1.29 is 15.0 Å². The van der Waals surface area contributed by atoms with Gasteiger partial charge in [0.05, 0.1) is 28.3 Å². The monoisotopic (exact) mass is 985 g/mol. The van der Waals surface area contributed by atoms with E-state index < -0.39 is 11.2 Å². The molecule has 3 saturated carbocycles. The van der Waals surface area contributed by atoms with Crippen LogP contribution in [0.1, 0.15) is 173 Å². The van der Waals surface area contributed by atoms with Gasteiger partial charge >= 0.3 is 0 Å². The van der Waals surface area contributed by atoms with Gasteiger partial charge in [0.1, 0.15) is 5.78 Å². The van der Waals surface area contributed by atoms with Crippen LogP contribution in [0.15, 0.2) is 110 Å². The number of aromatic nitrogens is 6. The van der Waals surface area contributed by atoms with Gasteiger partial charge in [0.2, 0.25) is 0 Å². The fraction of sp³-hybridized carbons (Fsp3) is 0.562. The molecule has 0 spiro atoms. The SMILES string of the molecule is CC[C@@]1(O)CC[C@@]2(Cc3ccccc3)c3nn(C)cc3CCC[C@H]2C1.CC[C@]1(O)CC[C@@]2(Cc3ccccc3)c3nn(C)cc3CCC[C@H]2C1.Cn1cc2c(n1)[C@]1(Cc3ccccc3)CCC(=O)C[C@@H]1CCC2. The number of hydrogen-bond acceptors (Lipinski definition) is 6. The van der Waals surface area contributed by atoms with Crippen molar-refractivity contribution in [3.8, 4) is 0 Å². The highest BCUT2D eigenvalue weighted by Crippen LogP contribution is 2.56. The number of nitrogens with zero attached hydrogens (tertiary/aromatic N) is 6. The highest BCUT2D eigenvalue weighted by Gasteiger charge is 2.53. The zero-order valence-corrected chi connectivity index (χ0v) is 44.9. The van der Waals surface area contributed by atoms with Crippen LogP contribution in [0.2, 0.25) is 0 Å². The van der Waals surface area contributed by atoms with Crippen molar-refractivity contribution in [2.45, 2.75) is 189 Å². The van der Waals surface area contributed by atoms with Crippen LogP contribution in [0.25, 0.3) is 0 Å². The highest BCUT2D eigenvalue weighted by atomic mass is 16.3. The number of rotatable bonds is 8.